The Balaban J connectivity index is 1.72. The number of anilines is 1. The molecule has 0 atom stereocenters. The fraction of sp³-hybridized carbons (Fsp3) is 0.333. The van der Waals surface area contributed by atoms with Crippen LogP contribution in [0.25, 0.3) is 0 Å². The number of rotatable bonds is 9. The Hall–Kier alpha value is -2.67. The van der Waals surface area contributed by atoms with Gasteiger partial charge in [0, 0.05) is 23.2 Å². The summed E-state index contributed by atoms with van der Waals surface area (Å²) in [4.78, 5) is 24.7. The summed E-state index contributed by atoms with van der Waals surface area (Å²) in [7, 11) is 0. The van der Waals surface area contributed by atoms with Crippen molar-refractivity contribution in [3.63, 3.8) is 0 Å². The molecule has 0 aliphatic carbocycles. The second-order valence-electron chi connectivity index (χ2n) is 6.42. The molecule has 0 aliphatic heterocycles. The van der Waals surface area contributed by atoms with Gasteiger partial charge in [0.05, 0.1) is 12.4 Å². The van der Waals surface area contributed by atoms with Crippen LogP contribution in [0.1, 0.15) is 26.3 Å². The summed E-state index contributed by atoms with van der Waals surface area (Å²) < 4.78 is 5.41. The van der Waals surface area contributed by atoms with Crippen molar-refractivity contribution in [1.29, 1.82) is 0 Å². The van der Waals surface area contributed by atoms with Crippen LogP contribution in [0.5, 0.6) is 5.75 Å². The molecule has 0 saturated heterocycles. The molecule has 28 heavy (non-hydrogen) atoms. The number of carbonyl (C=O) groups is 2. The van der Waals surface area contributed by atoms with Gasteiger partial charge in [0.15, 0.2) is 0 Å². The van der Waals surface area contributed by atoms with Gasteiger partial charge in [-0.05, 0) is 62.7 Å². The SMILES string of the molecule is CCOc1ccc(SCC(=O)NCc2ccc(NC(=O)NC(C)C)cc2)cc1. The van der Waals surface area contributed by atoms with Crippen LogP contribution in [-0.2, 0) is 11.3 Å². The van der Waals surface area contributed by atoms with Gasteiger partial charge in [-0.25, -0.2) is 4.79 Å². The normalized spacial score (nSPS) is 10.4. The molecule has 0 saturated carbocycles. The lowest BCUT2D eigenvalue weighted by Crippen LogP contribution is -2.34. The minimum Gasteiger partial charge on any atom is -0.494 e. The summed E-state index contributed by atoms with van der Waals surface area (Å²) in [6, 6.07) is 14.9. The minimum atomic E-state index is -0.234. The summed E-state index contributed by atoms with van der Waals surface area (Å²) in [5.41, 5.74) is 1.67. The quantitative estimate of drug-likeness (QED) is 0.555. The third kappa shape index (κ3) is 7.92. The van der Waals surface area contributed by atoms with E-state index in [0.29, 0.717) is 24.6 Å². The number of hydrogen-bond donors (Lipinski definition) is 3. The van der Waals surface area contributed by atoms with Crippen LogP contribution in [0.4, 0.5) is 10.5 Å². The molecule has 0 aromatic heterocycles. The highest BCUT2D eigenvalue weighted by molar-refractivity contribution is 8.00. The largest absolute Gasteiger partial charge is 0.494 e. The highest BCUT2D eigenvalue weighted by Crippen LogP contribution is 2.21. The number of nitrogens with one attached hydrogen (secondary N) is 3. The van der Waals surface area contributed by atoms with E-state index in [4.69, 9.17) is 4.74 Å². The molecule has 7 heteroatoms. The number of thioether (sulfide) groups is 1. The Morgan fingerprint density at radius 3 is 2.32 bits per heavy atom. The predicted octanol–water partition coefficient (Wildman–Crippen LogP) is 4.02. The summed E-state index contributed by atoms with van der Waals surface area (Å²) in [5.74, 6) is 1.15. The van der Waals surface area contributed by atoms with Crippen LogP contribution >= 0.6 is 11.8 Å². The topological polar surface area (TPSA) is 79.5 Å². The fourth-order valence-corrected chi connectivity index (χ4v) is 3.06. The van der Waals surface area contributed by atoms with Crippen molar-refractivity contribution in [2.75, 3.05) is 17.7 Å². The number of benzene rings is 2. The Bertz CT molecular complexity index is 761. The molecule has 0 radical (unpaired) electrons. The highest BCUT2D eigenvalue weighted by Gasteiger charge is 2.05. The highest BCUT2D eigenvalue weighted by atomic mass is 32.2. The van der Waals surface area contributed by atoms with Gasteiger partial charge in [-0.3, -0.25) is 4.79 Å². The lowest BCUT2D eigenvalue weighted by atomic mass is 10.2. The maximum Gasteiger partial charge on any atom is 0.319 e. The van der Waals surface area contributed by atoms with E-state index in [1.807, 2.05) is 69.3 Å². The second kappa shape index (κ2) is 11.2. The Morgan fingerprint density at radius 1 is 1.04 bits per heavy atom. The van der Waals surface area contributed by atoms with Gasteiger partial charge in [0.25, 0.3) is 0 Å². The molecular weight excluding hydrogens is 374 g/mol. The van der Waals surface area contributed by atoms with Crippen LogP contribution in [0, 0.1) is 0 Å². The van der Waals surface area contributed by atoms with Crippen molar-refractivity contribution >= 4 is 29.4 Å². The molecule has 3 N–H and O–H groups in total. The van der Waals surface area contributed by atoms with Gasteiger partial charge < -0.3 is 20.7 Å². The van der Waals surface area contributed by atoms with Crippen molar-refractivity contribution in [3.05, 3.63) is 54.1 Å². The molecule has 6 nitrogen and oxygen atoms in total. The molecule has 0 bridgehead atoms. The molecule has 2 aromatic rings. The zero-order valence-corrected chi connectivity index (χ0v) is 17.3. The van der Waals surface area contributed by atoms with Crippen molar-refractivity contribution < 1.29 is 14.3 Å². The summed E-state index contributed by atoms with van der Waals surface area (Å²) in [6.07, 6.45) is 0. The number of amides is 3. The van der Waals surface area contributed by atoms with Crippen LogP contribution < -0.4 is 20.7 Å². The molecule has 3 amide bonds. The predicted molar refractivity (Wildman–Crippen MR) is 114 cm³/mol. The maximum absolute atomic E-state index is 12.1. The van der Waals surface area contributed by atoms with Gasteiger partial charge >= 0.3 is 6.03 Å². The zero-order valence-electron chi connectivity index (χ0n) is 16.5. The van der Waals surface area contributed by atoms with Crippen LogP contribution in [-0.4, -0.2) is 30.3 Å². The Labute approximate surface area is 170 Å². The van der Waals surface area contributed by atoms with Gasteiger partial charge in [-0.15, -0.1) is 11.8 Å². The van der Waals surface area contributed by atoms with Gasteiger partial charge in [0.1, 0.15) is 5.75 Å². The van der Waals surface area contributed by atoms with E-state index in [1.54, 1.807) is 0 Å². The first-order chi connectivity index (χ1) is 13.5. The molecule has 2 rings (SSSR count). The molecule has 0 unspecified atom stereocenters. The van der Waals surface area contributed by atoms with Crippen molar-refractivity contribution in [2.45, 2.75) is 38.3 Å². The standard InChI is InChI=1S/C21H27N3O3S/c1-4-27-18-9-11-19(12-10-18)28-14-20(25)22-13-16-5-7-17(8-6-16)24-21(26)23-15(2)3/h5-12,15H,4,13-14H2,1-3H3,(H,22,25)(H2,23,24,26). The molecule has 150 valence electrons. The van der Waals surface area contributed by atoms with Crippen molar-refractivity contribution in [3.8, 4) is 5.75 Å². The van der Waals surface area contributed by atoms with Crippen molar-refractivity contribution in [1.82, 2.24) is 10.6 Å². The number of ether oxygens (including phenoxy) is 1. The molecule has 0 heterocycles. The first kappa shape index (κ1) is 21.6. The fourth-order valence-electron chi connectivity index (χ4n) is 2.33. The molecule has 0 fully saturated rings. The number of urea groups is 1. The van der Waals surface area contributed by atoms with Gasteiger partial charge in [0.2, 0.25) is 5.91 Å². The monoisotopic (exact) mass is 401 g/mol. The first-order valence-corrected chi connectivity index (χ1v) is 10.2. The average molecular weight is 402 g/mol. The smallest absolute Gasteiger partial charge is 0.319 e. The van der Waals surface area contributed by atoms with Gasteiger partial charge in [-0.1, -0.05) is 12.1 Å². The molecule has 0 aliphatic rings. The Morgan fingerprint density at radius 2 is 1.71 bits per heavy atom. The number of hydrogen-bond acceptors (Lipinski definition) is 4. The van der Waals surface area contributed by atoms with E-state index in [1.165, 1.54) is 11.8 Å². The van der Waals surface area contributed by atoms with Gasteiger partial charge in [-0.2, -0.15) is 0 Å². The lowest BCUT2D eigenvalue weighted by molar-refractivity contribution is -0.118. The molecule has 0 spiro atoms. The Kier molecular flexibility index (Phi) is 8.68. The maximum atomic E-state index is 12.1. The van der Waals surface area contributed by atoms with E-state index in [2.05, 4.69) is 16.0 Å². The summed E-state index contributed by atoms with van der Waals surface area (Å²) in [5, 5.41) is 8.44. The van der Waals surface area contributed by atoms with E-state index in [-0.39, 0.29) is 18.0 Å². The lowest BCUT2D eigenvalue weighted by Gasteiger charge is -2.11. The third-order valence-electron chi connectivity index (χ3n) is 3.63. The van der Waals surface area contributed by atoms with Crippen molar-refractivity contribution in [2.24, 2.45) is 0 Å². The first-order valence-electron chi connectivity index (χ1n) is 9.25. The second-order valence-corrected chi connectivity index (χ2v) is 7.47. The van der Waals surface area contributed by atoms with Crippen LogP contribution in [0.3, 0.4) is 0 Å². The van der Waals surface area contributed by atoms with E-state index >= 15 is 0 Å². The zero-order chi connectivity index (χ0) is 20.4. The van der Waals surface area contributed by atoms with E-state index in [9.17, 15) is 9.59 Å². The van der Waals surface area contributed by atoms with Crippen LogP contribution in [0.2, 0.25) is 0 Å². The third-order valence-corrected chi connectivity index (χ3v) is 4.64. The van der Waals surface area contributed by atoms with E-state index < -0.39 is 0 Å². The summed E-state index contributed by atoms with van der Waals surface area (Å²) >= 11 is 1.48. The molecule has 2 aromatic carbocycles. The average Bonchev–Trinajstić information content (AvgIpc) is 2.66. The molecular formula is C21H27N3O3S. The summed E-state index contributed by atoms with van der Waals surface area (Å²) in [6.45, 7) is 6.83. The minimum absolute atomic E-state index is 0.0302. The number of carbonyl (C=O) groups excluding carboxylic acids is 2. The van der Waals surface area contributed by atoms with Crippen LogP contribution in [0.15, 0.2) is 53.4 Å². The van der Waals surface area contributed by atoms with E-state index in [0.717, 1.165) is 16.2 Å².